The molecule has 1 saturated carbocycles. The average Bonchev–Trinajstić information content (AvgIpc) is 3.35. The van der Waals surface area contributed by atoms with Crippen LogP contribution >= 0.6 is 11.3 Å². The maximum Gasteiger partial charge on any atom is 0.252 e. The van der Waals surface area contributed by atoms with Gasteiger partial charge < -0.3 is 11.1 Å². The van der Waals surface area contributed by atoms with Gasteiger partial charge in [0.25, 0.3) is 5.91 Å². The Bertz CT molecular complexity index is 1020. The van der Waals surface area contributed by atoms with Gasteiger partial charge in [0.2, 0.25) is 15.9 Å². The van der Waals surface area contributed by atoms with E-state index in [2.05, 4.69) is 10.0 Å². The number of sulfonamides is 1. The Morgan fingerprint density at radius 2 is 1.96 bits per heavy atom. The van der Waals surface area contributed by atoms with Crippen molar-refractivity contribution >= 4 is 53.9 Å². The second-order valence-electron chi connectivity index (χ2n) is 7.04. The summed E-state index contributed by atoms with van der Waals surface area (Å²) in [4.78, 5) is 24.3. The molecule has 0 saturated heterocycles. The monoisotopic (exact) mass is 409 g/mol. The summed E-state index contributed by atoms with van der Waals surface area (Å²) in [6.45, 7) is 5.52. The maximum absolute atomic E-state index is 12.2. The fraction of sp³-hybridized carbons (Fsp3) is 0.444. The first-order chi connectivity index (χ1) is 12.6. The minimum Gasteiger partial charge on any atom is -0.365 e. The fourth-order valence-electron chi connectivity index (χ4n) is 2.86. The van der Waals surface area contributed by atoms with Gasteiger partial charge in [-0.1, -0.05) is 13.8 Å². The first-order valence-electron chi connectivity index (χ1n) is 8.84. The van der Waals surface area contributed by atoms with Crippen LogP contribution in [0.25, 0.3) is 10.1 Å². The number of thiophene rings is 1. The molecule has 0 spiro atoms. The number of benzene rings is 1. The van der Waals surface area contributed by atoms with Crippen LogP contribution in [0.3, 0.4) is 0 Å². The lowest BCUT2D eigenvalue weighted by Gasteiger charge is -2.12. The summed E-state index contributed by atoms with van der Waals surface area (Å²) in [5.74, 6) is -0.742. The first kappa shape index (κ1) is 19.6. The lowest BCUT2D eigenvalue weighted by Crippen LogP contribution is -2.17. The van der Waals surface area contributed by atoms with E-state index in [1.165, 1.54) is 11.3 Å². The summed E-state index contributed by atoms with van der Waals surface area (Å²) < 4.78 is 27.3. The molecule has 1 aliphatic rings. The number of nitrogens with two attached hydrogens (primary N) is 1. The van der Waals surface area contributed by atoms with Crippen LogP contribution in [0, 0.1) is 5.92 Å². The van der Waals surface area contributed by atoms with Gasteiger partial charge in [0.1, 0.15) is 5.00 Å². The maximum atomic E-state index is 12.2. The smallest absolute Gasteiger partial charge is 0.252 e. The number of amides is 2. The molecule has 27 heavy (non-hydrogen) atoms. The van der Waals surface area contributed by atoms with Crippen molar-refractivity contribution in [3.8, 4) is 0 Å². The van der Waals surface area contributed by atoms with E-state index >= 15 is 0 Å². The van der Waals surface area contributed by atoms with Crippen molar-refractivity contribution in [2.45, 2.75) is 39.5 Å². The Balaban J connectivity index is 2.18. The first-order valence-corrected chi connectivity index (χ1v) is 11.3. The Morgan fingerprint density at radius 1 is 1.30 bits per heavy atom. The molecule has 3 rings (SSSR count). The van der Waals surface area contributed by atoms with Crippen molar-refractivity contribution < 1.29 is 18.0 Å². The molecular formula is C18H23N3O4S2. The normalized spacial score (nSPS) is 14.5. The predicted molar refractivity (Wildman–Crippen MR) is 109 cm³/mol. The van der Waals surface area contributed by atoms with Gasteiger partial charge in [-0.3, -0.25) is 14.3 Å². The summed E-state index contributed by atoms with van der Waals surface area (Å²) in [6.07, 6.45) is 1.70. The largest absolute Gasteiger partial charge is 0.365 e. The molecule has 1 aromatic carbocycles. The quantitative estimate of drug-likeness (QED) is 0.650. The van der Waals surface area contributed by atoms with Crippen molar-refractivity contribution in [2.75, 3.05) is 15.8 Å². The van der Waals surface area contributed by atoms with Crippen LogP contribution in [0.1, 0.15) is 55.5 Å². The van der Waals surface area contributed by atoms with Gasteiger partial charge >= 0.3 is 0 Å². The molecular weight excluding hydrogens is 386 g/mol. The standard InChI is InChI=1S/C18H23N3O4S2/c1-4-27(24,25)21-11-7-12(9(2)3)15-13(8-11)14(16(19)22)18(26-15)20-17(23)10-5-6-10/h7-10,21H,4-6H2,1-3H3,(H2,19,22)(H,20,23). The van der Waals surface area contributed by atoms with E-state index < -0.39 is 15.9 Å². The molecule has 4 N–H and O–H groups in total. The number of carbonyl (C=O) groups is 2. The van der Waals surface area contributed by atoms with Crippen molar-refractivity contribution in [3.63, 3.8) is 0 Å². The third kappa shape index (κ3) is 4.08. The van der Waals surface area contributed by atoms with E-state index in [-0.39, 0.29) is 29.1 Å². The minimum absolute atomic E-state index is 0.00701. The summed E-state index contributed by atoms with van der Waals surface area (Å²) in [5, 5.41) is 3.81. The molecule has 0 unspecified atom stereocenters. The number of carbonyl (C=O) groups excluding carboxylic acids is 2. The van der Waals surface area contributed by atoms with Crippen molar-refractivity contribution in [1.82, 2.24) is 0 Å². The third-order valence-corrected chi connectivity index (χ3v) is 7.00. The number of fused-ring (bicyclic) bond motifs is 1. The summed E-state index contributed by atoms with van der Waals surface area (Å²) >= 11 is 1.30. The summed E-state index contributed by atoms with van der Waals surface area (Å²) in [5.41, 5.74) is 7.10. The molecule has 2 aromatic rings. The zero-order valence-electron chi connectivity index (χ0n) is 15.5. The fourth-order valence-corrected chi connectivity index (χ4v) is 4.83. The molecule has 0 radical (unpaired) electrons. The van der Waals surface area contributed by atoms with Crippen LogP contribution in [0.5, 0.6) is 0 Å². The van der Waals surface area contributed by atoms with E-state index in [0.29, 0.717) is 16.1 Å². The van der Waals surface area contributed by atoms with Gasteiger partial charge in [-0.2, -0.15) is 0 Å². The van der Waals surface area contributed by atoms with Gasteiger partial charge in [-0.15, -0.1) is 11.3 Å². The van der Waals surface area contributed by atoms with Crippen LogP contribution in [0.2, 0.25) is 0 Å². The van der Waals surface area contributed by atoms with Crippen molar-refractivity contribution in [2.24, 2.45) is 11.7 Å². The number of hydrogen-bond acceptors (Lipinski definition) is 5. The highest BCUT2D eigenvalue weighted by molar-refractivity contribution is 7.92. The molecule has 7 nitrogen and oxygen atoms in total. The lowest BCUT2D eigenvalue weighted by molar-refractivity contribution is -0.117. The van der Waals surface area contributed by atoms with E-state index in [0.717, 1.165) is 23.1 Å². The SMILES string of the molecule is CCS(=O)(=O)Nc1cc(C(C)C)c2sc(NC(=O)C3CC3)c(C(N)=O)c2c1. The van der Waals surface area contributed by atoms with Crippen LogP contribution in [0.15, 0.2) is 12.1 Å². The zero-order chi connectivity index (χ0) is 19.9. The number of primary amides is 1. The Morgan fingerprint density at radius 3 is 2.48 bits per heavy atom. The lowest BCUT2D eigenvalue weighted by atomic mass is 9.99. The molecule has 9 heteroatoms. The molecule has 1 heterocycles. The van der Waals surface area contributed by atoms with Gasteiger partial charge in [0, 0.05) is 21.7 Å². The molecule has 0 aliphatic heterocycles. The second kappa shape index (κ2) is 7.12. The van der Waals surface area contributed by atoms with Crippen molar-refractivity contribution in [3.05, 3.63) is 23.3 Å². The van der Waals surface area contributed by atoms with Gasteiger partial charge in [-0.05, 0) is 43.4 Å². The Labute approximate surface area is 162 Å². The van der Waals surface area contributed by atoms with E-state index in [4.69, 9.17) is 5.73 Å². The topological polar surface area (TPSA) is 118 Å². The molecule has 1 aromatic heterocycles. The van der Waals surface area contributed by atoms with Crippen LogP contribution < -0.4 is 15.8 Å². The van der Waals surface area contributed by atoms with Crippen LogP contribution in [0.4, 0.5) is 10.7 Å². The van der Waals surface area contributed by atoms with Gasteiger partial charge in [0.15, 0.2) is 0 Å². The number of nitrogens with one attached hydrogen (secondary N) is 2. The highest BCUT2D eigenvalue weighted by atomic mass is 32.2. The molecule has 0 atom stereocenters. The molecule has 1 aliphatic carbocycles. The van der Waals surface area contributed by atoms with E-state index in [1.807, 2.05) is 13.8 Å². The Hall–Kier alpha value is -2.13. The Kier molecular flexibility index (Phi) is 5.18. The summed E-state index contributed by atoms with van der Waals surface area (Å²) in [6, 6.07) is 3.38. The van der Waals surface area contributed by atoms with Crippen molar-refractivity contribution in [1.29, 1.82) is 0 Å². The number of rotatable bonds is 7. The third-order valence-electron chi connectivity index (χ3n) is 4.52. The minimum atomic E-state index is -3.46. The number of hydrogen-bond donors (Lipinski definition) is 3. The highest BCUT2D eigenvalue weighted by Crippen LogP contribution is 2.42. The summed E-state index contributed by atoms with van der Waals surface area (Å²) in [7, 11) is -3.46. The molecule has 1 fully saturated rings. The van der Waals surface area contributed by atoms with Gasteiger partial charge in [0.05, 0.1) is 11.3 Å². The molecule has 0 bridgehead atoms. The van der Waals surface area contributed by atoms with Crippen LogP contribution in [-0.2, 0) is 14.8 Å². The molecule has 2 amide bonds. The average molecular weight is 410 g/mol. The number of anilines is 2. The predicted octanol–water partition coefficient (Wildman–Crippen LogP) is 3.23. The zero-order valence-corrected chi connectivity index (χ0v) is 17.1. The highest BCUT2D eigenvalue weighted by Gasteiger charge is 2.31. The second-order valence-corrected chi connectivity index (χ2v) is 10.1. The molecule has 146 valence electrons. The van der Waals surface area contributed by atoms with Crippen LogP contribution in [-0.4, -0.2) is 26.0 Å². The van der Waals surface area contributed by atoms with Gasteiger partial charge in [-0.25, -0.2) is 8.42 Å². The van der Waals surface area contributed by atoms with E-state index in [1.54, 1.807) is 19.1 Å². The van der Waals surface area contributed by atoms with E-state index in [9.17, 15) is 18.0 Å².